The number of benzene rings is 4. The van der Waals surface area contributed by atoms with E-state index in [1.807, 2.05) is 69.3 Å². The van der Waals surface area contributed by atoms with Crippen LogP contribution in [0.15, 0.2) is 88.8 Å². The summed E-state index contributed by atoms with van der Waals surface area (Å²) in [4.78, 5) is 33.2. The van der Waals surface area contributed by atoms with E-state index in [-0.39, 0.29) is 23.3 Å². The maximum absolute atomic E-state index is 13.8. The maximum Gasteiger partial charge on any atom is 0.271 e. The van der Waals surface area contributed by atoms with Crippen LogP contribution in [0, 0.1) is 13.8 Å². The van der Waals surface area contributed by atoms with E-state index in [2.05, 4.69) is 5.32 Å². The number of carbonyl (C=O) groups excluding carboxylic acids is 2. The van der Waals surface area contributed by atoms with Crippen LogP contribution in [0.25, 0.3) is 6.08 Å². The van der Waals surface area contributed by atoms with Crippen molar-refractivity contribution in [2.75, 3.05) is 23.4 Å². The van der Waals surface area contributed by atoms with Crippen LogP contribution in [0.5, 0.6) is 11.5 Å². The van der Waals surface area contributed by atoms with Crippen molar-refractivity contribution in [1.29, 1.82) is 0 Å². The Morgan fingerprint density at radius 2 is 1.58 bits per heavy atom. The topological polar surface area (TPSA) is 80.2 Å². The first-order chi connectivity index (χ1) is 21.6. The highest BCUT2D eigenvalue weighted by Crippen LogP contribution is 2.41. The molecule has 1 fully saturated rings. The molecule has 0 atom stereocenters. The summed E-state index contributed by atoms with van der Waals surface area (Å²) in [7, 11) is 0. The van der Waals surface area contributed by atoms with Crippen LogP contribution < -0.4 is 19.7 Å². The Balaban J connectivity index is 1.41. The minimum absolute atomic E-state index is 0.207. The van der Waals surface area contributed by atoms with Gasteiger partial charge in [0, 0.05) is 5.69 Å². The SMILES string of the molecule is CCOc1cc(/C=C2/SC(=Nc3ccc(C)cc3)N(c3ccc(C)cc3)C2=O)cc(Cl)c1OCC(=O)Nc1ccc(Cl)c(Cl)c1. The van der Waals surface area contributed by atoms with Gasteiger partial charge in [-0.15, -0.1) is 0 Å². The molecule has 4 aromatic carbocycles. The number of amidine groups is 1. The number of aliphatic imine (C=N–C) groups is 1. The number of nitrogens with one attached hydrogen (secondary N) is 1. The van der Waals surface area contributed by atoms with Gasteiger partial charge in [-0.2, -0.15) is 0 Å². The summed E-state index contributed by atoms with van der Waals surface area (Å²) < 4.78 is 11.6. The molecule has 0 aliphatic carbocycles. The number of halogens is 3. The molecule has 4 aromatic rings. The van der Waals surface area contributed by atoms with Gasteiger partial charge in [0.15, 0.2) is 23.3 Å². The molecule has 230 valence electrons. The molecule has 1 saturated heterocycles. The van der Waals surface area contributed by atoms with Crippen molar-refractivity contribution < 1.29 is 19.1 Å². The first-order valence-corrected chi connectivity index (χ1v) is 15.9. The van der Waals surface area contributed by atoms with E-state index in [4.69, 9.17) is 49.3 Å². The van der Waals surface area contributed by atoms with E-state index in [0.717, 1.165) is 16.8 Å². The number of thioether (sulfide) groups is 1. The summed E-state index contributed by atoms with van der Waals surface area (Å²) in [5, 5.41) is 4.15. The minimum atomic E-state index is -0.428. The molecule has 1 aliphatic heterocycles. The van der Waals surface area contributed by atoms with Crippen molar-refractivity contribution >= 4 is 86.7 Å². The summed E-state index contributed by atoms with van der Waals surface area (Å²) in [5.41, 5.74) is 4.74. The lowest BCUT2D eigenvalue weighted by Crippen LogP contribution is -2.28. The first-order valence-electron chi connectivity index (χ1n) is 13.9. The van der Waals surface area contributed by atoms with Gasteiger partial charge in [-0.3, -0.25) is 14.5 Å². The second-order valence-corrected chi connectivity index (χ2v) is 12.3. The molecular formula is C34H28Cl3N3O4S. The quantitative estimate of drug-likeness (QED) is 0.178. The number of nitrogens with zero attached hydrogens (tertiary/aromatic N) is 2. The Labute approximate surface area is 280 Å². The van der Waals surface area contributed by atoms with Crippen LogP contribution in [-0.4, -0.2) is 30.2 Å². The molecule has 1 heterocycles. The molecule has 1 N–H and O–H groups in total. The predicted octanol–water partition coefficient (Wildman–Crippen LogP) is 9.49. The fourth-order valence-electron chi connectivity index (χ4n) is 4.33. The number of amides is 2. The summed E-state index contributed by atoms with van der Waals surface area (Å²) in [6, 6.07) is 23.6. The van der Waals surface area contributed by atoms with Crippen LogP contribution in [0.2, 0.25) is 15.1 Å². The Bertz CT molecular complexity index is 1810. The average molecular weight is 681 g/mol. The molecule has 0 spiro atoms. The lowest BCUT2D eigenvalue weighted by molar-refractivity contribution is -0.118. The fraction of sp³-hybridized carbons (Fsp3) is 0.147. The normalized spacial score (nSPS) is 14.7. The van der Waals surface area contributed by atoms with Crippen molar-refractivity contribution in [2.24, 2.45) is 4.99 Å². The number of carbonyl (C=O) groups is 2. The highest BCUT2D eigenvalue weighted by molar-refractivity contribution is 8.19. The third-order valence-electron chi connectivity index (χ3n) is 6.54. The highest BCUT2D eigenvalue weighted by atomic mass is 35.5. The molecule has 0 radical (unpaired) electrons. The molecule has 2 amide bonds. The smallest absolute Gasteiger partial charge is 0.271 e. The number of hydrogen-bond donors (Lipinski definition) is 1. The van der Waals surface area contributed by atoms with Crippen LogP contribution in [0.3, 0.4) is 0 Å². The molecule has 0 unspecified atom stereocenters. The molecule has 7 nitrogen and oxygen atoms in total. The lowest BCUT2D eigenvalue weighted by atomic mass is 10.1. The zero-order chi connectivity index (χ0) is 32.1. The number of hydrogen-bond acceptors (Lipinski definition) is 6. The second kappa shape index (κ2) is 14.4. The van der Waals surface area contributed by atoms with Crippen molar-refractivity contribution in [1.82, 2.24) is 0 Å². The molecular weight excluding hydrogens is 653 g/mol. The van der Waals surface area contributed by atoms with Crippen molar-refractivity contribution in [3.63, 3.8) is 0 Å². The summed E-state index contributed by atoms with van der Waals surface area (Å²) in [6.45, 7) is 5.81. The van der Waals surface area contributed by atoms with E-state index < -0.39 is 5.91 Å². The largest absolute Gasteiger partial charge is 0.490 e. The van der Waals surface area contributed by atoms with E-state index >= 15 is 0 Å². The van der Waals surface area contributed by atoms with Crippen molar-refractivity contribution in [3.8, 4) is 11.5 Å². The van der Waals surface area contributed by atoms with E-state index in [9.17, 15) is 9.59 Å². The predicted molar refractivity (Wildman–Crippen MR) is 186 cm³/mol. The molecule has 5 rings (SSSR count). The molecule has 11 heteroatoms. The molecule has 1 aliphatic rings. The van der Waals surface area contributed by atoms with E-state index in [1.165, 1.54) is 11.8 Å². The first kappa shape index (κ1) is 32.4. The van der Waals surface area contributed by atoms with Gasteiger partial charge in [0.25, 0.3) is 11.8 Å². The summed E-state index contributed by atoms with van der Waals surface area (Å²) >= 11 is 19.9. The Hall–Kier alpha value is -3.95. The standard InChI is InChI=1S/C34H28Cl3N3O4S/c1-4-43-29-16-22(15-28(37)32(29)44-19-31(41)38-24-11-14-26(35)27(36)18-24)17-30-33(42)40(25-12-7-21(3)8-13-25)34(45-30)39-23-9-5-20(2)6-10-23/h5-18H,4,19H2,1-3H3,(H,38,41)/b30-17+,39-34?. The van der Waals surface area contributed by atoms with Gasteiger partial charge >= 0.3 is 0 Å². The number of ether oxygens (including phenoxy) is 2. The van der Waals surface area contributed by atoms with E-state index in [1.54, 1.807) is 41.3 Å². The maximum atomic E-state index is 13.8. The molecule has 0 bridgehead atoms. The van der Waals surface area contributed by atoms with Gasteiger partial charge in [-0.25, -0.2) is 4.99 Å². The van der Waals surface area contributed by atoms with Crippen LogP contribution in [0.4, 0.5) is 17.1 Å². The second-order valence-electron chi connectivity index (χ2n) is 10.0. The van der Waals surface area contributed by atoms with Gasteiger partial charge in [-0.05, 0) is 98.8 Å². The lowest BCUT2D eigenvalue weighted by Gasteiger charge is -2.16. The van der Waals surface area contributed by atoms with Gasteiger partial charge in [0.1, 0.15) is 0 Å². The van der Waals surface area contributed by atoms with Crippen LogP contribution in [0.1, 0.15) is 23.6 Å². The third kappa shape index (κ3) is 8.02. The summed E-state index contributed by atoms with van der Waals surface area (Å²) in [5.74, 6) is -0.109. The number of rotatable bonds is 9. The zero-order valence-electron chi connectivity index (χ0n) is 24.6. The Kier molecular flexibility index (Phi) is 10.4. The minimum Gasteiger partial charge on any atom is -0.490 e. The Morgan fingerprint density at radius 3 is 2.24 bits per heavy atom. The van der Waals surface area contributed by atoms with Gasteiger partial charge in [0.05, 0.1) is 38.0 Å². The van der Waals surface area contributed by atoms with Gasteiger partial charge in [-0.1, -0.05) is 70.2 Å². The molecule has 45 heavy (non-hydrogen) atoms. The third-order valence-corrected chi connectivity index (χ3v) is 8.53. The van der Waals surface area contributed by atoms with Crippen molar-refractivity contribution in [2.45, 2.75) is 20.8 Å². The van der Waals surface area contributed by atoms with Crippen molar-refractivity contribution in [3.05, 3.63) is 116 Å². The number of anilines is 2. The van der Waals surface area contributed by atoms with Crippen LogP contribution >= 0.6 is 46.6 Å². The highest BCUT2D eigenvalue weighted by Gasteiger charge is 2.35. The van der Waals surface area contributed by atoms with Crippen LogP contribution in [-0.2, 0) is 9.59 Å². The Morgan fingerprint density at radius 1 is 0.889 bits per heavy atom. The number of aryl methyl sites for hydroxylation is 2. The van der Waals surface area contributed by atoms with E-state index in [0.29, 0.717) is 49.4 Å². The van der Waals surface area contributed by atoms with Gasteiger partial charge < -0.3 is 14.8 Å². The summed E-state index contributed by atoms with van der Waals surface area (Å²) in [6.07, 6.45) is 1.74. The molecule has 0 saturated carbocycles. The zero-order valence-corrected chi connectivity index (χ0v) is 27.7. The average Bonchev–Trinajstić information content (AvgIpc) is 3.30. The molecule has 0 aromatic heterocycles. The fourth-order valence-corrected chi connectivity index (χ4v) is 5.91. The van der Waals surface area contributed by atoms with Gasteiger partial charge in [0.2, 0.25) is 0 Å². The monoisotopic (exact) mass is 679 g/mol.